The van der Waals surface area contributed by atoms with Gasteiger partial charge in [0.2, 0.25) is 11.8 Å². The number of aryl methyl sites for hydroxylation is 1. The second-order valence-corrected chi connectivity index (χ2v) is 6.99. The van der Waals surface area contributed by atoms with Crippen LogP contribution in [0.1, 0.15) is 35.7 Å². The van der Waals surface area contributed by atoms with Crippen LogP contribution in [0.2, 0.25) is 5.02 Å². The number of anilines is 2. The molecule has 1 saturated heterocycles. The monoisotopic (exact) mass is 399 g/mol. The maximum atomic E-state index is 12.6. The number of halogens is 1. The highest BCUT2D eigenvalue weighted by Crippen LogP contribution is 2.28. The van der Waals surface area contributed by atoms with Crippen molar-refractivity contribution in [2.24, 2.45) is 0 Å². The molecule has 0 saturated carbocycles. The van der Waals surface area contributed by atoms with Gasteiger partial charge in [-0.3, -0.25) is 14.4 Å². The van der Waals surface area contributed by atoms with Crippen LogP contribution in [0.15, 0.2) is 42.5 Å². The molecule has 2 aromatic carbocycles. The normalized spacial score (nSPS) is 13.5. The molecule has 0 unspecified atom stereocenters. The number of nitrogens with one attached hydrogen (secondary N) is 2. The van der Waals surface area contributed by atoms with E-state index in [4.69, 9.17) is 11.6 Å². The number of benzene rings is 2. The number of carbonyl (C=O) groups is 3. The average molecular weight is 400 g/mol. The van der Waals surface area contributed by atoms with E-state index in [-0.39, 0.29) is 18.4 Å². The van der Waals surface area contributed by atoms with Gasteiger partial charge in [-0.1, -0.05) is 36.7 Å². The van der Waals surface area contributed by atoms with Gasteiger partial charge in [-0.15, -0.1) is 0 Å². The summed E-state index contributed by atoms with van der Waals surface area (Å²) < 4.78 is 0. The summed E-state index contributed by atoms with van der Waals surface area (Å²) in [6.45, 7) is 2.38. The van der Waals surface area contributed by atoms with Crippen molar-refractivity contribution in [2.45, 2.75) is 26.2 Å². The predicted molar refractivity (Wildman–Crippen MR) is 110 cm³/mol. The Kier molecular flexibility index (Phi) is 6.31. The minimum Gasteiger partial charge on any atom is -0.343 e. The molecule has 146 valence electrons. The molecule has 28 heavy (non-hydrogen) atoms. The highest BCUT2D eigenvalue weighted by Gasteiger charge is 2.26. The van der Waals surface area contributed by atoms with E-state index in [0.29, 0.717) is 29.2 Å². The first-order valence-corrected chi connectivity index (χ1v) is 9.63. The van der Waals surface area contributed by atoms with E-state index in [0.717, 1.165) is 24.1 Å². The molecule has 1 aliphatic rings. The van der Waals surface area contributed by atoms with Crippen LogP contribution in [-0.4, -0.2) is 30.8 Å². The highest BCUT2D eigenvalue weighted by molar-refractivity contribution is 6.31. The summed E-state index contributed by atoms with van der Waals surface area (Å²) in [4.78, 5) is 38.5. The van der Waals surface area contributed by atoms with Gasteiger partial charge in [-0.25, -0.2) is 0 Å². The lowest BCUT2D eigenvalue weighted by atomic mass is 10.1. The second kappa shape index (κ2) is 8.89. The third-order valence-corrected chi connectivity index (χ3v) is 4.89. The van der Waals surface area contributed by atoms with Crippen molar-refractivity contribution < 1.29 is 14.4 Å². The van der Waals surface area contributed by atoms with Crippen molar-refractivity contribution in [3.63, 3.8) is 0 Å². The van der Waals surface area contributed by atoms with Crippen LogP contribution in [0.3, 0.4) is 0 Å². The summed E-state index contributed by atoms with van der Waals surface area (Å²) in [5.74, 6) is -0.780. The Balaban J connectivity index is 1.68. The van der Waals surface area contributed by atoms with Crippen molar-refractivity contribution in [3.05, 3.63) is 58.6 Å². The molecule has 6 nitrogen and oxygen atoms in total. The molecule has 0 radical (unpaired) electrons. The zero-order valence-electron chi connectivity index (χ0n) is 15.6. The van der Waals surface area contributed by atoms with E-state index in [1.165, 1.54) is 0 Å². The molecule has 2 N–H and O–H groups in total. The topological polar surface area (TPSA) is 78.5 Å². The second-order valence-electron chi connectivity index (χ2n) is 6.55. The summed E-state index contributed by atoms with van der Waals surface area (Å²) in [5.41, 5.74) is 2.56. The Labute approximate surface area is 168 Å². The number of hydrogen-bond acceptors (Lipinski definition) is 3. The summed E-state index contributed by atoms with van der Waals surface area (Å²) >= 11 is 6.06. The zero-order chi connectivity index (χ0) is 20.1. The molecule has 7 heteroatoms. The van der Waals surface area contributed by atoms with E-state index in [1.54, 1.807) is 23.1 Å². The summed E-state index contributed by atoms with van der Waals surface area (Å²) in [7, 11) is 0. The maximum absolute atomic E-state index is 12.6. The fraction of sp³-hybridized carbons (Fsp3) is 0.286. The standard InChI is InChI=1S/C21H22ClN3O3/c1-2-14-6-3-4-7-17(14)24-19(26)13-23-21(28)16-10-9-15(22)12-18(16)25-11-5-8-20(25)27/h3-4,6-7,9-10,12H,2,5,8,11,13H2,1H3,(H,23,28)(H,24,26). The summed E-state index contributed by atoms with van der Waals surface area (Å²) in [6.07, 6.45) is 1.99. The van der Waals surface area contributed by atoms with Crippen LogP contribution in [0.4, 0.5) is 11.4 Å². The number of nitrogens with zero attached hydrogens (tertiary/aromatic N) is 1. The minimum atomic E-state index is -0.426. The quantitative estimate of drug-likeness (QED) is 0.781. The molecule has 0 spiro atoms. The van der Waals surface area contributed by atoms with Crippen molar-refractivity contribution in [1.82, 2.24) is 5.32 Å². The largest absolute Gasteiger partial charge is 0.343 e. The number of amides is 3. The van der Waals surface area contributed by atoms with Gasteiger partial charge in [0.1, 0.15) is 0 Å². The average Bonchev–Trinajstić information content (AvgIpc) is 3.12. The fourth-order valence-corrected chi connectivity index (χ4v) is 3.39. The lowest BCUT2D eigenvalue weighted by Crippen LogP contribution is -2.34. The van der Waals surface area contributed by atoms with E-state index in [1.807, 2.05) is 31.2 Å². The Hall–Kier alpha value is -2.86. The molecule has 2 aromatic rings. The van der Waals surface area contributed by atoms with Crippen molar-refractivity contribution in [3.8, 4) is 0 Å². The minimum absolute atomic E-state index is 0.0368. The number of hydrogen-bond donors (Lipinski definition) is 2. The van der Waals surface area contributed by atoms with Crippen LogP contribution in [0, 0.1) is 0 Å². The molecule has 0 atom stereocenters. The van der Waals surface area contributed by atoms with Gasteiger partial charge in [0.05, 0.1) is 17.8 Å². The van der Waals surface area contributed by atoms with Gasteiger partial charge in [0.25, 0.3) is 5.91 Å². The summed E-state index contributed by atoms with van der Waals surface area (Å²) in [6, 6.07) is 12.3. The third-order valence-electron chi connectivity index (χ3n) is 4.65. The van der Waals surface area contributed by atoms with Crippen LogP contribution >= 0.6 is 11.6 Å². The van der Waals surface area contributed by atoms with Gasteiger partial charge in [0.15, 0.2) is 0 Å². The third kappa shape index (κ3) is 4.51. The van der Waals surface area contributed by atoms with Crippen molar-refractivity contribution >= 4 is 40.7 Å². The molecule has 1 aliphatic heterocycles. The molecule has 1 heterocycles. The molecule has 0 aromatic heterocycles. The van der Waals surface area contributed by atoms with Crippen molar-refractivity contribution in [2.75, 3.05) is 23.3 Å². The van der Waals surface area contributed by atoms with Crippen molar-refractivity contribution in [1.29, 1.82) is 0 Å². The molecule has 1 fully saturated rings. The van der Waals surface area contributed by atoms with Crippen LogP contribution in [0.25, 0.3) is 0 Å². The van der Waals surface area contributed by atoms with Gasteiger partial charge in [-0.05, 0) is 42.7 Å². The highest BCUT2D eigenvalue weighted by atomic mass is 35.5. The van der Waals surface area contributed by atoms with Gasteiger partial charge in [0, 0.05) is 23.7 Å². The molecule has 0 bridgehead atoms. The van der Waals surface area contributed by atoms with E-state index >= 15 is 0 Å². The summed E-state index contributed by atoms with van der Waals surface area (Å²) in [5, 5.41) is 5.88. The molecular weight excluding hydrogens is 378 g/mol. The Bertz CT molecular complexity index is 914. The smallest absolute Gasteiger partial charge is 0.253 e. The van der Waals surface area contributed by atoms with Gasteiger partial charge in [-0.2, -0.15) is 0 Å². The first kappa shape index (κ1) is 19.9. The Morgan fingerprint density at radius 2 is 1.96 bits per heavy atom. The zero-order valence-corrected chi connectivity index (χ0v) is 16.4. The lowest BCUT2D eigenvalue weighted by Gasteiger charge is -2.19. The molecular formula is C21H22ClN3O3. The van der Waals surface area contributed by atoms with Crippen LogP contribution < -0.4 is 15.5 Å². The lowest BCUT2D eigenvalue weighted by molar-refractivity contribution is -0.117. The van der Waals surface area contributed by atoms with E-state index < -0.39 is 5.91 Å². The van der Waals surface area contributed by atoms with E-state index in [9.17, 15) is 14.4 Å². The molecule has 3 rings (SSSR count). The fourth-order valence-electron chi connectivity index (χ4n) is 3.22. The Morgan fingerprint density at radius 1 is 1.18 bits per heavy atom. The number of para-hydroxylation sites is 1. The number of rotatable bonds is 6. The Morgan fingerprint density at radius 3 is 2.68 bits per heavy atom. The maximum Gasteiger partial charge on any atom is 0.253 e. The first-order valence-electron chi connectivity index (χ1n) is 9.25. The molecule has 0 aliphatic carbocycles. The predicted octanol–water partition coefficient (Wildman–Crippen LogP) is 3.40. The van der Waals surface area contributed by atoms with Crippen LogP contribution in [-0.2, 0) is 16.0 Å². The first-order chi connectivity index (χ1) is 13.5. The SMILES string of the molecule is CCc1ccccc1NC(=O)CNC(=O)c1ccc(Cl)cc1N1CCCC1=O. The van der Waals surface area contributed by atoms with E-state index in [2.05, 4.69) is 10.6 Å². The van der Waals surface area contributed by atoms with Gasteiger partial charge < -0.3 is 15.5 Å². The number of carbonyl (C=O) groups excluding carboxylic acids is 3. The van der Waals surface area contributed by atoms with Gasteiger partial charge >= 0.3 is 0 Å². The molecule has 3 amide bonds. The van der Waals surface area contributed by atoms with Crippen LogP contribution in [0.5, 0.6) is 0 Å².